The maximum atomic E-state index is 12.6. The summed E-state index contributed by atoms with van der Waals surface area (Å²) < 4.78 is 0. The van der Waals surface area contributed by atoms with E-state index in [1.54, 1.807) is 24.4 Å². The van der Waals surface area contributed by atoms with Crippen LogP contribution in [0.2, 0.25) is 0 Å². The number of aromatic nitrogens is 1. The van der Waals surface area contributed by atoms with Crippen LogP contribution in [0.25, 0.3) is 0 Å². The Morgan fingerprint density at radius 2 is 1.90 bits per heavy atom. The fourth-order valence-electron chi connectivity index (χ4n) is 2.96. The SMILES string of the molecule is CCC(CC)(CN)NC(=O)c1ccc(NC(C)c2ccccn2)c([N+](=O)[O-])c1.Cl.Cl. The van der Waals surface area contributed by atoms with Crippen LogP contribution < -0.4 is 16.4 Å². The molecule has 1 atom stereocenters. The topological polar surface area (TPSA) is 123 Å². The summed E-state index contributed by atoms with van der Waals surface area (Å²) in [6, 6.07) is 9.68. The molecular formula is C20H29Cl2N5O3. The molecule has 2 rings (SSSR count). The van der Waals surface area contributed by atoms with Gasteiger partial charge in [0.05, 0.1) is 22.2 Å². The highest BCUT2D eigenvalue weighted by Gasteiger charge is 2.28. The van der Waals surface area contributed by atoms with E-state index < -0.39 is 10.5 Å². The summed E-state index contributed by atoms with van der Waals surface area (Å²) in [5, 5.41) is 17.6. The Labute approximate surface area is 189 Å². The number of pyridine rings is 1. The van der Waals surface area contributed by atoms with Gasteiger partial charge in [0.2, 0.25) is 0 Å². The largest absolute Gasteiger partial charge is 0.371 e. The molecule has 0 saturated heterocycles. The lowest BCUT2D eigenvalue weighted by Crippen LogP contribution is -2.52. The summed E-state index contributed by atoms with van der Waals surface area (Å²) in [5.41, 5.74) is 6.46. The standard InChI is InChI=1S/C20H27N5O3.2ClH/c1-4-20(5-2,13-21)24-19(26)15-9-10-17(18(12-15)25(27)28)23-14(3)16-8-6-7-11-22-16;;/h6-12,14,23H,4-5,13,21H2,1-3H3,(H,24,26);2*1H. The molecule has 8 nitrogen and oxygen atoms in total. The van der Waals surface area contributed by atoms with Gasteiger partial charge >= 0.3 is 0 Å². The van der Waals surface area contributed by atoms with Crippen LogP contribution in [-0.4, -0.2) is 27.9 Å². The first-order valence-corrected chi connectivity index (χ1v) is 9.34. The molecule has 0 radical (unpaired) electrons. The van der Waals surface area contributed by atoms with E-state index in [-0.39, 0.29) is 48.0 Å². The lowest BCUT2D eigenvalue weighted by molar-refractivity contribution is -0.384. The van der Waals surface area contributed by atoms with Crippen LogP contribution in [0, 0.1) is 10.1 Å². The second-order valence-electron chi connectivity index (χ2n) is 6.76. The second-order valence-corrected chi connectivity index (χ2v) is 6.76. The van der Waals surface area contributed by atoms with E-state index in [2.05, 4.69) is 15.6 Å². The number of anilines is 1. The van der Waals surface area contributed by atoms with Gasteiger partial charge in [0.25, 0.3) is 11.6 Å². The molecule has 0 aliphatic heterocycles. The summed E-state index contributed by atoms with van der Waals surface area (Å²) in [6.45, 7) is 6.07. The maximum Gasteiger partial charge on any atom is 0.293 e. The van der Waals surface area contributed by atoms with Crippen LogP contribution in [0.5, 0.6) is 0 Å². The molecule has 30 heavy (non-hydrogen) atoms. The molecule has 10 heteroatoms. The maximum absolute atomic E-state index is 12.6. The molecule has 0 aliphatic rings. The summed E-state index contributed by atoms with van der Waals surface area (Å²) in [4.78, 5) is 28.0. The van der Waals surface area contributed by atoms with Crippen LogP contribution in [0.1, 0.15) is 55.7 Å². The van der Waals surface area contributed by atoms with Crippen molar-refractivity contribution in [3.05, 3.63) is 64.0 Å². The van der Waals surface area contributed by atoms with E-state index in [9.17, 15) is 14.9 Å². The van der Waals surface area contributed by atoms with Gasteiger partial charge < -0.3 is 16.4 Å². The van der Waals surface area contributed by atoms with Gasteiger partial charge in [0.1, 0.15) is 5.69 Å². The van der Waals surface area contributed by atoms with Gasteiger partial charge in [-0.15, -0.1) is 24.8 Å². The number of nitro groups is 1. The Balaban J connectivity index is 0.00000420. The van der Waals surface area contributed by atoms with E-state index in [0.717, 1.165) is 5.69 Å². The van der Waals surface area contributed by atoms with Gasteiger partial charge in [-0.05, 0) is 44.0 Å². The molecule has 1 heterocycles. The summed E-state index contributed by atoms with van der Waals surface area (Å²) in [5.74, 6) is -0.374. The zero-order chi connectivity index (χ0) is 20.7. The van der Waals surface area contributed by atoms with Crippen LogP contribution in [0.4, 0.5) is 11.4 Å². The van der Waals surface area contributed by atoms with E-state index in [0.29, 0.717) is 25.1 Å². The number of carbonyl (C=O) groups is 1. The molecule has 1 aromatic carbocycles. The third kappa shape index (κ3) is 6.55. The number of carbonyl (C=O) groups excluding carboxylic acids is 1. The van der Waals surface area contributed by atoms with Crippen molar-refractivity contribution < 1.29 is 9.72 Å². The number of amides is 1. The highest BCUT2D eigenvalue weighted by molar-refractivity contribution is 5.96. The van der Waals surface area contributed by atoms with Gasteiger partial charge in [0, 0.05) is 24.4 Å². The molecule has 1 aromatic heterocycles. The molecule has 0 bridgehead atoms. The fraction of sp³-hybridized carbons (Fsp3) is 0.400. The van der Waals surface area contributed by atoms with Crippen LogP contribution >= 0.6 is 24.8 Å². The fourth-order valence-corrected chi connectivity index (χ4v) is 2.96. The van der Waals surface area contributed by atoms with Crippen LogP contribution in [0.3, 0.4) is 0 Å². The first-order chi connectivity index (χ1) is 13.4. The van der Waals surface area contributed by atoms with Crippen molar-refractivity contribution >= 4 is 42.1 Å². The van der Waals surface area contributed by atoms with E-state index in [4.69, 9.17) is 5.73 Å². The number of hydrogen-bond acceptors (Lipinski definition) is 6. The van der Waals surface area contributed by atoms with Crippen molar-refractivity contribution in [1.82, 2.24) is 10.3 Å². The third-order valence-electron chi connectivity index (χ3n) is 5.08. The quantitative estimate of drug-likeness (QED) is 0.381. The highest BCUT2D eigenvalue weighted by atomic mass is 35.5. The summed E-state index contributed by atoms with van der Waals surface area (Å²) >= 11 is 0. The van der Waals surface area contributed by atoms with Crippen molar-refractivity contribution in [2.75, 3.05) is 11.9 Å². The zero-order valence-corrected chi connectivity index (χ0v) is 18.9. The lowest BCUT2D eigenvalue weighted by Gasteiger charge is -2.31. The molecule has 0 saturated carbocycles. The highest BCUT2D eigenvalue weighted by Crippen LogP contribution is 2.29. The number of nitrogens with two attached hydrogens (primary N) is 1. The van der Waals surface area contributed by atoms with Gasteiger partial charge in [-0.1, -0.05) is 19.9 Å². The van der Waals surface area contributed by atoms with Crippen LogP contribution in [0.15, 0.2) is 42.6 Å². The van der Waals surface area contributed by atoms with Crippen molar-refractivity contribution in [2.45, 2.75) is 45.2 Å². The molecule has 4 N–H and O–H groups in total. The lowest BCUT2D eigenvalue weighted by atomic mass is 9.92. The Morgan fingerprint density at radius 1 is 1.23 bits per heavy atom. The number of nitro benzene ring substituents is 1. The Bertz CT molecular complexity index is 824. The van der Waals surface area contributed by atoms with Gasteiger partial charge in [0.15, 0.2) is 0 Å². The molecule has 0 fully saturated rings. The van der Waals surface area contributed by atoms with Crippen molar-refractivity contribution in [3.63, 3.8) is 0 Å². The number of hydrogen-bond donors (Lipinski definition) is 3. The van der Waals surface area contributed by atoms with Crippen molar-refractivity contribution in [1.29, 1.82) is 0 Å². The molecule has 166 valence electrons. The number of halogens is 2. The minimum Gasteiger partial charge on any atom is -0.371 e. The summed E-state index contributed by atoms with van der Waals surface area (Å²) in [6.07, 6.45) is 3.02. The normalized spacial score (nSPS) is 11.5. The first-order valence-electron chi connectivity index (χ1n) is 9.34. The monoisotopic (exact) mass is 457 g/mol. The van der Waals surface area contributed by atoms with E-state index in [1.807, 2.05) is 32.9 Å². The number of rotatable bonds is 9. The predicted molar refractivity (Wildman–Crippen MR) is 124 cm³/mol. The predicted octanol–water partition coefficient (Wildman–Crippen LogP) is 4.25. The van der Waals surface area contributed by atoms with Gasteiger partial charge in [-0.25, -0.2) is 0 Å². The minimum absolute atomic E-state index is 0. The molecule has 2 aromatic rings. The molecule has 0 spiro atoms. The van der Waals surface area contributed by atoms with Crippen molar-refractivity contribution in [2.24, 2.45) is 5.73 Å². The number of nitrogens with zero attached hydrogens (tertiary/aromatic N) is 2. The molecule has 1 unspecified atom stereocenters. The van der Waals surface area contributed by atoms with Crippen LogP contribution in [-0.2, 0) is 0 Å². The average molecular weight is 458 g/mol. The molecular weight excluding hydrogens is 429 g/mol. The molecule has 1 amide bonds. The van der Waals surface area contributed by atoms with Gasteiger partial charge in [-0.3, -0.25) is 19.9 Å². The van der Waals surface area contributed by atoms with Gasteiger partial charge in [-0.2, -0.15) is 0 Å². The third-order valence-corrected chi connectivity index (χ3v) is 5.08. The van der Waals surface area contributed by atoms with E-state index >= 15 is 0 Å². The zero-order valence-electron chi connectivity index (χ0n) is 17.3. The molecule has 0 aliphatic carbocycles. The summed E-state index contributed by atoms with van der Waals surface area (Å²) in [7, 11) is 0. The van der Waals surface area contributed by atoms with E-state index in [1.165, 1.54) is 6.07 Å². The van der Waals surface area contributed by atoms with Crippen molar-refractivity contribution in [3.8, 4) is 0 Å². The Hall–Kier alpha value is -2.42. The second kappa shape index (κ2) is 12.3. The number of benzene rings is 1. The Morgan fingerprint density at radius 3 is 2.40 bits per heavy atom. The average Bonchev–Trinajstić information content (AvgIpc) is 2.72. The smallest absolute Gasteiger partial charge is 0.293 e. The minimum atomic E-state index is -0.518. The first kappa shape index (κ1) is 27.6. The number of nitrogens with one attached hydrogen (secondary N) is 2. The Kier molecular flexibility index (Phi) is 11.3.